The van der Waals surface area contributed by atoms with Gasteiger partial charge in [0.25, 0.3) is 0 Å². The van der Waals surface area contributed by atoms with Gasteiger partial charge in [0, 0.05) is 34.5 Å². The molecule has 0 saturated carbocycles. The fraction of sp³-hybridized carbons (Fsp3) is 0.222. The molecule has 1 unspecified atom stereocenters. The van der Waals surface area contributed by atoms with Crippen LogP contribution in [0.1, 0.15) is 18.4 Å². The van der Waals surface area contributed by atoms with E-state index >= 15 is 0 Å². The van der Waals surface area contributed by atoms with Crippen LogP contribution in [-0.4, -0.2) is 44.7 Å². The van der Waals surface area contributed by atoms with Crippen LogP contribution < -0.4 is 4.90 Å². The van der Waals surface area contributed by atoms with E-state index in [0.717, 1.165) is 37.9 Å². The van der Waals surface area contributed by atoms with Crippen LogP contribution >= 0.6 is 11.8 Å². The molecule has 0 saturated heterocycles. The number of nitrogens with one attached hydrogen (secondary N) is 1. The van der Waals surface area contributed by atoms with Gasteiger partial charge in [-0.3, -0.25) is 0 Å². The molecule has 7 heteroatoms. The van der Waals surface area contributed by atoms with Crippen molar-refractivity contribution in [1.29, 1.82) is 0 Å². The maximum Gasteiger partial charge on any atom is 0.204 e. The van der Waals surface area contributed by atoms with E-state index in [4.69, 9.17) is 0 Å². The molecule has 1 atom stereocenters. The number of fused-ring (bicyclic) bond motifs is 2. The molecule has 3 heterocycles. The predicted octanol–water partition coefficient (Wildman–Crippen LogP) is 5.69. The zero-order chi connectivity index (χ0) is 22.7. The Balaban J connectivity index is 1.20. The second-order valence-corrected chi connectivity index (χ2v) is 9.76. The molecule has 34 heavy (non-hydrogen) atoms. The van der Waals surface area contributed by atoms with Crippen LogP contribution in [0.3, 0.4) is 0 Å². The van der Waals surface area contributed by atoms with Crippen molar-refractivity contribution in [1.82, 2.24) is 25.5 Å². The zero-order valence-corrected chi connectivity index (χ0v) is 19.7. The van der Waals surface area contributed by atoms with Crippen LogP contribution in [-0.2, 0) is 6.42 Å². The van der Waals surface area contributed by atoms with Gasteiger partial charge in [-0.05, 0) is 66.6 Å². The van der Waals surface area contributed by atoms with Crippen LogP contribution in [0.4, 0.5) is 11.4 Å². The molecule has 6 rings (SSSR count). The van der Waals surface area contributed by atoms with Crippen molar-refractivity contribution in [2.45, 2.75) is 35.1 Å². The lowest BCUT2D eigenvalue weighted by molar-refractivity contribution is 0.290. The Labute approximate surface area is 203 Å². The molecular formula is C27H26N6S. The number of benzene rings is 3. The molecule has 6 nitrogen and oxygen atoms in total. The second kappa shape index (κ2) is 9.35. The standard InChI is InChI=1S/C27H26N6S/c1-2-7-20(8-3-1)14-17-32-16-6-9-22(32)15-18-33-23-10-4-5-11-25(23)34-26-19-21(12-13-24(26)33)27-28-30-31-29-27/h1-8,10-13,16,19,22H,9,14-15,17-18H2,(H,28,29,30,31). The molecule has 0 aliphatic carbocycles. The lowest BCUT2D eigenvalue weighted by Crippen LogP contribution is -2.33. The number of nitrogens with zero attached hydrogens (tertiary/aromatic N) is 5. The molecule has 0 amide bonds. The van der Waals surface area contributed by atoms with Gasteiger partial charge in [-0.25, -0.2) is 0 Å². The molecule has 3 aromatic carbocycles. The molecule has 1 aromatic heterocycles. The van der Waals surface area contributed by atoms with Crippen molar-refractivity contribution in [2.75, 3.05) is 18.0 Å². The van der Waals surface area contributed by atoms with Crippen molar-refractivity contribution in [3.8, 4) is 11.4 Å². The number of aromatic nitrogens is 4. The van der Waals surface area contributed by atoms with E-state index in [1.165, 1.54) is 26.7 Å². The number of anilines is 2. The maximum absolute atomic E-state index is 4.15. The van der Waals surface area contributed by atoms with Crippen molar-refractivity contribution in [2.24, 2.45) is 0 Å². The minimum atomic E-state index is 0.535. The quantitative estimate of drug-likeness (QED) is 0.378. The monoisotopic (exact) mass is 466 g/mol. The third-order valence-corrected chi connectivity index (χ3v) is 7.70. The third kappa shape index (κ3) is 4.19. The summed E-state index contributed by atoms with van der Waals surface area (Å²) in [6, 6.07) is 26.5. The van der Waals surface area contributed by atoms with Crippen LogP contribution in [0.15, 0.2) is 94.9 Å². The highest BCUT2D eigenvalue weighted by molar-refractivity contribution is 7.99. The van der Waals surface area contributed by atoms with Crippen molar-refractivity contribution in [3.05, 3.63) is 90.6 Å². The van der Waals surface area contributed by atoms with Gasteiger partial charge in [0.1, 0.15) is 0 Å². The van der Waals surface area contributed by atoms with E-state index < -0.39 is 0 Å². The summed E-state index contributed by atoms with van der Waals surface area (Å²) in [7, 11) is 0. The number of hydrogen-bond acceptors (Lipinski definition) is 6. The van der Waals surface area contributed by atoms with E-state index in [1.54, 1.807) is 0 Å². The maximum atomic E-state index is 4.15. The Bertz CT molecular complexity index is 1290. The minimum absolute atomic E-state index is 0.535. The highest BCUT2D eigenvalue weighted by atomic mass is 32.2. The van der Waals surface area contributed by atoms with Crippen LogP contribution in [0.2, 0.25) is 0 Å². The average molecular weight is 467 g/mol. The molecule has 0 bridgehead atoms. The van der Waals surface area contributed by atoms with E-state index in [9.17, 15) is 0 Å². The Morgan fingerprint density at radius 2 is 1.76 bits per heavy atom. The first-order chi connectivity index (χ1) is 16.8. The second-order valence-electron chi connectivity index (χ2n) is 8.68. The smallest absolute Gasteiger partial charge is 0.204 e. The average Bonchev–Trinajstić information content (AvgIpc) is 3.58. The van der Waals surface area contributed by atoms with Crippen molar-refractivity contribution < 1.29 is 0 Å². The summed E-state index contributed by atoms with van der Waals surface area (Å²) in [5, 5.41) is 14.6. The molecule has 2 aliphatic heterocycles. The first-order valence-corrected chi connectivity index (χ1v) is 12.6. The van der Waals surface area contributed by atoms with E-state index in [2.05, 4.69) is 115 Å². The Kier molecular flexibility index (Phi) is 5.77. The number of hydrogen-bond donors (Lipinski definition) is 1. The molecule has 0 radical (unpaired) electrons. The Morgan fingerprint density at radius 1 is 0.912 bits per heavy atom. The number of tetrazole rings is 1. The third-order valence-electron chi connectivity index (χ3n) is 6.59. The highest BCUT2D eigenvalue weighted by Gasteiger charge is 2.26. The molecule has 170 valence electrons. The van der Waals surface area contributed by atoms with Gasteiger partial charge < -0.3 is 9.80 Å². The molecule has 4 aromatic rings. The molecular weight excluding hydrogens is 440 g/mol. The topological polar surface area (TPSA) is 60.9 Å². The predicted molar refractivity (Wildman–Crippen MR) is 136 cm³/mol. The van der Waals surface area contributed by atoms with Crippen LogP contribution in [0.25, 0.3) is 11.4 Å². The lowest BCUT2D eigenvalue weighted by atomic mass is 10.1. The fourth-order valence-corrected chi connectivity index (χ4v) is 5.96. The lowest BCUT2D eigenvalue weighted by Gasteiger charge is -2.35. The summed E-state index contributed by atoms with van der Waals surface area (Å²) < 4.78 is 0. The Morgan fingerprint density at radius 3 is 2.65 bits per heavy atom. The van der Waals surface area contributed by atoms with E-state index in [0.29, 0.717) is 11.9 Å². The van der Waals surface area contributed by atoms with Gasteiger partial charge in [0.15, 0.2) is 0 Å². The zero-order valence-electron chi connectivity index (χ0n) is 18.8. The van der Waals surface area contributed by atoms with Crippen LogP contribution in [0, 0.1) is 0 Å². The van der Waals surface area contributed by atoms with Crippen molar-refractivity contribution in [3.63, 3.8) is 0 Å². The summed E-state index contributed by atoms with van der Waals surface area (Å²) in [6.07, 6.45) is 7.90. The van der Waals surface area contributed by atoms with Crippen LogP contribution in [0.5, 0.6) is 0 Å². The Hall–Kier alpha value is -3.58. The SMILES string of the molecule is C1=CN(CCc2ccccc2)C(CCN2c3ccccc3Sc3cc(-c4nn[nH]n4)ccc32)C1. The summed E-state index contributed by atoms with van der Waals surface area (Å²) >= 11 is 1.81. The molecule has 0 fully saturated rings. The van der Waals surface area contributed by atoms with Gasteiger partial charge in [-0.2, -0.15) is 5.21 Å². The largest absolute Gasteiger partial charge is 0.374 e. The number of para-hydroxylation sites is 1. The van der Waals surface area contributed by atoms with Crippen molar-refractivity contribution >= 4 is 23.1 Å². The van der Waals surface area contributed by atoms with E-state index in [-0.39, 0.29) is 0 Å². The first-order valence-electron chi connectivity index (χ1n) is 11.7. The molecule has 2 aliphatic rings. The highest BCUT2D eigenvalue weighted by Crippen LogP contribution is 2.49. The number of H-pyrrole nitrogens is 1. The van der Waals surface area contributed by atoms with Gasteiger partial charge >= 0.3 is 0 Å². The summed E-state index contributed by atoms with van der Waals surface area (Å²) in [4.78, 5) is 7.52. The van der Waals surface area contributed by atoms with E-state index in [1.807, 2.05) is 11.8 Å². The number of rotatable bonds is 7. The summed E-state index contributed by atoms with van der Waals surface area (Å²) in [5.74, 6) is 0.625. The minimum Gasteiger partial charge on any atom is -0.374 e. The van der Waals surface area contributed by atoms with Gasteiger partial charge in [-0.1, -0.05) is 60.3 Å². The first kappa shape index (κ1) is 21.0. The van der Waals surface area contributed by atoms with Gasteiger partial charge in [0.2, 0.25) is 5.82 Å². The fourth-order valence-electron chi connectivity index (χ4n) is 4.83. The summed E-state index contributed by atoms with van der Waals surface area (Å²) in [6.45, 7) is 2.03. The molecule has 0 spiro atoms. The number of aromatic amines is 1. The van der Waals surface area contributed by atoms with Gasteiger partial charge in [-0.15, -0.1) is 10.2 Å². The summed E-state index contributed by atoms with van der Waals surface area (Å²) in [5.41, 5.74) is 4.91. The normalized spacial score (nSPS) is 16.5. The molecule has 1 N–H and O–H groups in total. The van der Waals surface area contributed by atoms with Gasteiger partial charge in [0.05, 0.1) is 11.4 Å².